The van der Waals surface area contributed by atoms with Gasteiger partial charge in [-0.15, -0.1) is 10.2 Å². The number of carboxylic acids is 1. The predicted molar refractivity (Wildman–Crippen MR) is 149 cm³/mol. The standard InChI is InChI=1S/C28H32N4O2S2/c1-16(2)25-29-23-24(27(36-18(5)6)31-30-26(23)35-17(3)4)32(25)15-19-11-13-20(14-12-19)21-9-7-8-10-22(21)28(33)34/h7-14,16-18H,15H2,1-6H3,(H,33,34). The molecule has 2 heterocycles. The number of fused-ring (bicyclic) bond motifs is 1. The molecule has 0 atom stereocenters. The van der Waals surface area contributed by atoms with Gasteiger partial charge in [-0.1, -0.05) is 108 Å². The van der Waals surface area contributed by atoms with E-state index >= 15 is 0 Å². The Bertz CT molecular complexity index is 1380. The predicted octanol–water partition coefficient (Wildman–Crippen LogP) is 7.36. The molecule has 0 saturated heterocycles. The van der Waals surface area contributed by atoms with Gasteiger partial charge in [-0.2, -0.15) is 0 Å². The van der Waals surface area contributed by atoms with Crippen molar-refractivity contribution in [3.05, 3.63) is 65.5 Å². The highest BCUT2D eigenvalue weighted by molar-refractivity contribution is 8.00. The fraction of sp³-hybridized carbons (Fsp3) is 0.357. The molecule has 0 aliphatic rings. The van der Waals surface area contributed by atoms with E-state index in [0.29, 0.717) is 28.2 Å². The fourth-order valence-corrected chi connectivity index (χ4v) is 5.76. The van der Waals surface area contributed by atoms with E-state index in [0.717, 1.165) is 38.0 Å². The molecular weight excluding hydrogens is 488 g/mol. The summed E-state index contributed by atoms with van der Waals surface area (Å²) in [7, 11) is 0. The summed E-state index contributed by atoms with van der Waals surface area (Å²) in [6, 6.07) is 15.2. The van der Waals surface area contributed by atoms with Gasteiger partial charge in [0.25, 0.3) is 0 Å². The van der Waals surface area contributed by atoms with Crippen molar-refractivity contribution in [3.63, 3.8) is 0 Å². The van der Waals surface area contributed by atoms with E-state index in [4.69, 9.17) is 4.98 Å². The molecule has 0 radical (unpaired) electrons. The fourth-order valence-electron chi connectivity index (χ4n) is 4.12. The Morgan fingerprint density at radius 2 is 1.50 bits per heavy atom. The maximum Gasteiger partial charge on any atom is 0.336 e. The van der Waals surface area contributed by atoms with E-state index in [1.54, 1.807) is 35.7 Å². The third kappa shape index (κ3) is 5.60. The number of carbonyl (C=O) groups is 1. The van der Waals surface area contributed by atoms with Gasteiger partial charge in [-0.3, -0.25) is 0 Å². The zero-order valence-corrected chi connectivity index (χ0v) is 23.2. The molecule has 0 amide bonds. The van der Waals surface area contributed by atoms with Crippen LogP contribution in [0.15, 0.2) is 58.6 Å². The zero-order valence-electron chi connectivity index (χ0n) is 21.5. The van der Waals surface area contributed by atoms with Gasteiger partial charge in [-0.05, 0) is 22.8 Å². The van der Waals surface area contributed by atoms with Gasteiger partial charge in [0.1, 0.15) is 26.9 Å². The molecule has 0 saturated carbocycles. The van der Waals surface area contributed by atoms with Crippen LogP contribution in [-0.4, -0.2) is 41.3 Å². The molecule has 0 unspecified atom stereocenters. The minimum absolute atomic E-state index is 0.230. The third-order valence-electron chi connectivity index (χ3n) is 5.61. The Morgan fingerprint density at radius 3 is 2.11 bits per heavy atom. The summed E-state index contributed by atoms with van der Waals surface area (Å²) < 4.78 is 2.28. The van der Waals surface area contributed by atoms with E-state index < -0.39 is 5.97 Å². The van der Waals surface area contributed by atoms with E-state index in [-0.39, 0.29) is 5.92 Å². The number of nitrogens with zero attached hydrogens (tertiary/aromatic N) is 4. The average molecular weight is 521 g/mol. The summed E-state index contributed by atoms with van der Waals surface area (Å²) in [6.07, 6.45) is 0. The van der Waals surface area contributed by atoms with Gasteiger partial charge in [0.15, 0.2) is 0 Å². The van der Waals surface area contributed by atoms with Crippen LogP contribution in [0.25, 0.3) is 22.2 Å². The minimum Gasteiger partial charge on any atom is -0.478 e. The van der Waals surface area contributed by atoms with Crippen molar-refractivity contribution in [2.24, 2.45) is 0 Å². The normalized spacial score (nSPS) is 11.8. The summed E-state index contributed by atoms with van der Waals surface area (Å²) in [5, 5.41) is 21.3. The van der Waals surface area contributed by atoms with Crippen LogP contribution in [0.3, 0.4) is 0 Å². The number of imidazole rings is 1. The van der Waals surface area contributed by atoms with Gasteiger partial charge >= 0.3 is 5.97 Å². The SMILES string of the molecule is CC(C)Sc1nnc(SC(C)C)c2c1nc(C(C)C)n2Cc1ccc(-c2ccccc2C(=O)O)cc1. The zero-order chi connectivity index (χ0) is 26.0. The number of hydrogen-bond acceptors (Lipinski definition) is 6. The largest absolute Gasteiger partial charge is 0.478 e. The van der Waals surface area contributed by atoms with Crippen LogP contribution in [-0.2, 0) is 6.54 Å². The molecule has 4 aromatic rings. The number of benzene rings is 2. The van der Waals surface area contributed by atoms with Gasteiger partial charge in [-0.25, -0.2) is 9.78 Å². The van der Waals surface area contributed by atoms with E-state index in [1.807, 2.05) is 24.3 Å². The second-order valence-electron chi connectivity index (χ2n) is 9.60. The molecule has 8 heteroatoms. The van der Waals surface area contributed by atoms with Crippen molar-refractivity contribution in [2.45, 2.75) is 74.6 Å². The number of aromatic carboxylic acids is 1. The van der Waals surface area contributed by atoms with E-state index in [9.17, 15) is 9.90 Å². The van der Waals surface area contributed by atoms with Crippen molar-refractivity contribution in [2.75, 3.05) is 0 Å². The molecule has 0 aliphatic heterocycles. The van der Waals surface area contributed by atoms with Gasteiger partial charge in [0, 0.05) is 23.0 Å². The molecule has 4 rings (SSSR count). The van der Waals surface area contributed by atoms with E-state index in [2.05, 4.69) is 68.4 Å². The highest BCUT2D eigenvalue weighted by atomic mass is 32.2. The topological polar surface area (TPSA) is 80.9 Å². The smallest absolute Gasteiger partial charge is 0.336 e. The third-order valence-corrected chi connectivity index (χ3v) is 7.55. The molecule has 0 fully saturated rings. The molecule has 188 valence electrons. The number of hydrogen-bond donors (Lipinski definition) is 1. The Kier molecular flexibility index (Phi) is 8.05. The molecule has 0 aliphatic carbocycles. The maximum atomic E-state index is 11.7. The van der Waals surface area contributed by atoms with Gasteiger partial charge < -0.3 is 9.67 Å². The maximum absolute atomic E-state index is 11.7. The number of thioether (sulfide) groups is 2. The van der Waals surface area contributed by atoms with Crippen LogP contribution >= 0.6 is 23.5 Å². The lowest BCUT2D eigenvalue weighted by molar-refractivity contribution is 0.0697. The van der Waals surface area contributed by atoms with Crippen molar-refractivity contribution in [1.82, 2.24) is 19.7 Å². The molecule has 0 bridgehead atoms. The van der Waals surface area contributed by atoms with Crippen LogP contribution in [0.1, 0.15) is 69.2 Å². The first kappa shape index (κ1) is 26.2. The van der Waals surface area contributed by atoms with Crippen molar-refractivity contribution in [1.29, 1.82) is 0 Å². The molecule has 2 aromatic heterocycles. The Morgan fingerprint density at radius 1 is 0.889 bits per heavy atom. The summed E-state index contributed by atoms with van der Waals surface area (Å²) in [5.41, 5.74) is 4.97. The lowest BCUT2D eigenvalue weighted by Crippen LogP contribution is -2.08. The van der Waals surface area contributed by atoms with Crippen molar-refractivity contribution >= 4 is 40.5 Å². The lowest BCUT2D eigenvalue weighted by Gasteiger charge is -2.15. The van der Waals surface area contributed by atoms with Crippen LogP contribution in [0.4, 0.5) is 0 Å². The number of aromatic nitrogens is 4. The Hall–Kier alpha value is -2.84. The second kappa shape index (κ2) is 11.0. The summed E-state index contributed by atoms with van der Waals surface area (Å²) in [6.45, 7) is 13.6. The Labute approximate surface area is 220 Å². The van der Waals surface area contributed by atoms with Crippen molar-refractivity contribution < 1.29 is 9.90 Å². The summed E-state index contributed by atoms with van der Waals surface area (Å²) >= 11 is 3.40. The second-order valence-corrected chi connectivity index (χ2v) is 12.7. The summed E-state index contributed by atoms with van der Waals surface area (Å²) in [5.74, 6) is 0.316. The van der Waals surface area contributed by atoms with Crippen molar-refractivity contribution in [3.8, 4) is 11.1 Å². The molecule has 0 spiro atoms. The number of rotatable bonds is 9. The van der Waals surface area contributed by atoms with E-state index in [1.165, 1.54) is 0 Å². The Balaban J connectivity index is 1.80. The average Bonchev–Trinajstić information content (AvgIpc) is 3.21. The minimum atomic E-state index is -0.924. The van der Waals surface area contributed by atoms with Crippen LogP contribution in [0.5, 0.6) is 0 Å². The molecule has 2 aromatic carbocycles. The first-order valence-electron chi connectivity index (χ1n) is 12.2. The monoisotopic (exact) mass is 520 g/mol. The van der Waals surface area contributed by atoms with Crippen LogP contribution in [0, 0.1) is 0 Å². The lowest BCUT2D eigenvalue weighted by atomic mass is 9.98. The first-order chi connectivity index (χ1) is 17.2. The highest BCUT2D eigenvalue weighted by Gasteiger charge is 2.23. The quantitative estimate of drug-likeness (QED) is 0.231. The van der Waals surface area contributed by atoms with Crippen LogP contribution in [0.2, 0.25) is 0 Å². The molecular formula is C28H32N4O2S2. The molecule has 1 N–H and O–H groups in total. The van der Waals surface area contributed by atoms with Gasteiger partial charge in [0.2, 0.25) is 0 Å². The van der Waals surface area contributed by atoms with Gasteiger partial charge in [0.05, 0.1) is 5.56 Å². The first-order valence-corrected chi connectivity index (χ1v) is 13.9. The van der Waals surface area contributed by atoms with Crippen LogP contribution < -0.4 is 0 Å². The molecule has 36 heavy (non-hydrogen) atoms. The summed E-state index contributed by atoms with van der Waals surface area (Å²) in [4.78, 5) is 16.8. The highest BCUT2D eigenvalue weighted by Crippen LogP contribution is 2.36. The molecule has 6 nitrogen and oxygen atoms in total. The number of carboxylic acid groups (broad SMARTS) is 1.